The Kier molecular flexibility index (Phi) is 4.33. The van der Waals surface area contributed by atoms with Crippen LogP contribution in [-0.4, -0.2) is 15.1 Å². The number of hydrogen-bond donors (Lipinski definition) is 1. The number of aromatic nitrogens is 2. The maximum atomic E-state index is 9.52. The van der Waals surface area contributed by atoms with Gasteiger partial charge in [-0.3, -0.25) is 0 Å². The first-order valence-electron chi connectivity index (χ1n) is 5.85. The number of nitrogens with zero attached hydrogens (tertiary/aromatic N) is 2. The van der Waals surface area contributed by atoms with Crippen molar-refractivity contribution in [1.29, 1.82) is 0 Å². The second-order valence-electron chi connectivity index (χ2n) is 4.10. The van der Waals surface area contributed by atoms with Crippen molar-refractivity contribution in [2.75, 3.05) is 0 Å². The fourth-order valence-corrected chi connectivity index (χ4v) is 2.45. The quantitative estimate of drug-likeness (QED) is 0.858. The number of rotatable bonds is 4. The Morgan fingerprint density at radius 1 is 1.28 bits per heavy atom. The van der Waals surface area contributed by atoms with Crippen LogP contribution in [0.2, 0.25) is 0 Å². The van der Waals surface area contributed by atoms with Crippen molar-refractivity contribution in [3.05, 3.63) is 53.6 Å². The minimum absolute atomic E-state index is 0.513. The molecule has 0 aliphatic rings. The van der Waals surface area contributed by atoms with Crippen LogP contribution in [0.3, 0.4) is 0 Å². The number of aliphatic hydroxyl groups excluding tert-OH is 1. The maximum Gasteiger partial charge on any atom is 0.138 e. The van der Waals surface area contributed by atoms with Gasteiger partial charge >= 0.3 is 0 Å². The second-order valence-corrected chi connectivity index (χ2v) is 5.15. The normalized spacial score (nSPS) is 12.4. The van der Waals surface area contributed by atoms with Crippen LogP contribution < -0.4 is 0 Å². The fraction of sp³-hybridized carbons (Fsp3) is 0.286. The zero-order valence-corrected chi connectivity index (χ0v) is 11.3. The van der Waals surface area contributed by atoms with Gasteiger partial charge in [-0.15, -0.1) is 11.8 Å². The summed E-state index contributed by atoms with van der Waals surface area (Å²) in [5.41, 5.74) is 1.65. The summed E-state index contributed by atoms with van der Waals surface area (Å²) in [4.78, 5) is 9.91. The molecule has 0 bridgehead atoms. The molecule has 1 atom stereocenters. The molecule has 1 aromatic heterocycles. The van der Waals surface area contributed by atoms with Gasteiger partial charge in [-0.2, -0.15) is 0 Å². The average Bonchev–Trinajstić information content (AvgIpc) is 2.37. The van der Waals surface area contributed by atoms with E-state index >= 15 is 0 Å². The molecule has 0 radical (unpaired) electrons. The van der Waals surface area contributed by atoms with E-state index in [1.54, 1.807) is 24.9 Å². The lowest BCUT2D eigenvalue weighted by Gasteiger charge is -2.08. The highest BCUT2D eigenvalue weighted by Gasteiger charge is 2.08. The van der Waals surface area contributed by atoms with Crippen molar-refractivity contribution in [2.24, 2.45) is 0 Å². The molecule has 0 amide bonds. The van der Waals surface area contributed by atoms with E-state index in [1.165, 1.54) is 4.90 Å². The van der Waals surface area contributed by atoms with Crippen molar-refractivity contribution >= 4 is 11.8 Å². The minimum Gasteiger partial charge on any atom is -0.389 e. The molecular formula is C14H16N2OS. The molecule has 0 fully saturated rings. The summed E-state index contributed by atoms with van der Waals surface area (Å²) in [6, 6.07) is 10.2. The Labute approximate surface area is 111 Å². The summed E-state index contributed by atoms with van der Waals surface area (Å²) in [6.07, 6.45) is 1.20. The molecule has 1 unspecified atom stereocenters. The Morgan fingerprint density at radius 3 is 2.61 bits per heavy atom. The molecule has 0 saturated heterocycles. The predicted octanol–water partition coefficient (Wildman–Crippen LogP) is 3.13. The molecule has 3 nitrogen and oxygen atoms in total. The summed E-state index contributed by atoms with van der Waals surface area (Å²) < 4.78 is 0. The van der Waals surface area contributed by atoms with Crippen molar-refractivity contribution in [3.8, 4) is 0 Å². The molecule has 0 aliphatic heterocycles. The SMILES string of the molecule is Cc1nc(CSc2ccccc2)ncc1C(C)O. The molecule has 4 heteroatoms. The molecular weight excluding hydrogens is 244 g/mol. The molecule has 94 valence electrons. The molecule has 1 heterocycles. The Balaban J connectivity index is 2.05. The number of hydrogen-bond acceptors (Lipinski definition) is 4. The molecule has 1 N–H and O–H groups in total. The van der Waals surface area contributed by atoms with Crippen LogP contribution in [0.25, 0.3) is 0 Å². The van der Waals surface area contributed by atoms with Gasteiger partial charge in [0, 0.05) is 22.3 Å². The van der Waals surface area contributed by atoms with Gasteiger partial charge in [-0.1, -0.05) is 18.2 Å². The monoisotopic (exact) mass is 260 g/mol. The van der Waals surface area contributed by atoms with E-state index in [0.717, 1.165) is 22.8 Å². The molecule has 0 aliphatic carbocycles. The number of thioether (sulfide) groups is 1. The fourth-order valence-electron chi connectivity index (χ4n) is 1.67. The van der Waals surface area contributed by atoms with Gasteiger partial charge in [0.05, 0.1) is 11.9 Å². The molecule has 1 aromatic carbocycles. The van der Waals surface area contributed by atoms with Gasteiger partial charge in [-0.25, -0.2) is 9.97 Å². The Morgan fingerprint density at radius 2 is 2.00 bits per heavy atom. The highest BCUT2D eigenvalue weighted by Crippen LogP contribution is 2.21. The maximum absolute atomic E-state index is 9.52. The van der Waals surface area contributed by atoms with Gasteiger partial charge in [0.2, 0.25) is 0 Å². The second kappa shape index (κ2) is 5.98. The van der Waals surface area contributed by atoms with Crippen molar-refractivity contribution in [2.45, 2.75) is 30.6 Å². The number of aryl methyl sites for hydroxylation is 1. The van der Waals surface area contributed by atoms with E-state index in [0.29, 0.717) is 0 Å². The predicted molar refractivity (Wildman–Crippen MR) is 73.4 cm³/mol. The zero-order valence-electron chi connectivity index (χ0n) is 10.5. The summed E-state index contributed by atoms with van der Waals surface area (Å²) >= 11 is 1.71. The highest BCUT2D eigenvalue weighted by atomic mass is 32.2. The molecule has 2 aromatic rings. The van der Waals surface area contributed by atoms with Gasteiger partial charge in [0.25, 0.3) is 0 Å². The number of aliphatic hydroxyl groups is 1. The van der Waals surface area contributed by atoms with Crippen LogP contribution in [0.5, 0.6) is 0 Å². The van der Waals surface area contributed by atoms with Gasteiger partial charge < -0.3 is 5.11 Å². The minimum atomic E-state index is -0.513. The summed E-state index contributed by atoms with van der Waals surface area (Å²) in [7, 11) is 0. The topological polar surface area (TPSA) is 46.0 Å². The van der Waals surface area contributed by atoms with Crippen molar-refractivity contribution < 1.29 is 5.11 Å². The summed E-state index contributed by atoms with van der Waals surface area (Å²) in [5, 5.41) is 9.52. The first-order valence-corrected chi connectivity index (χ1v) is 6.83. The average molecular weight is 260 g/mol. The van der Waals surface area contributed by atoms with Crippen LogP contribution >= 0.6 is 11.8 Å². The van der Waals surface area contributed by atoms with Gasteiger partial charge in [0.1, 0.15) is 5.82 Å². The lowest BCUT2D eigenvalue weighted by atomic mass is 10.1. The summed E-state index contributed by atoms with van der Waals surface area (Å²) in [6.45, 7) is 3.63. The van der Waals surface area contributed by atoms with Crippen LogP contribution in [0.1, 0.15) is 30.1 Å². The van der Waals surface area contributed by atoms with Crippen LogP contribution in [0.4, 0.5) is 0 Å². The van der Waals surface area contributed by atoms with E-state index in [9.17, 15) is 5.11 Å². The van der Waals surface area contributed by atoms with Crippen molar-refractivity contribution in [3.63, 3.8) is 0 Å². The first-order chi connectivity index (χ1) is 8.66. The summed E-state index contributed by atoms with van der Waals surface area (Å²) in [5.74, 6) is 1.54. The lowest BCUT2D eigenvalue weighted by Crippen LogP contribution is -2.02. The van der Waals surface area contributed by atoms with Crippen LogP contribution in [0, 0.1) is 6.92 Å². The van der Waals surface area contributed by atoms with Crippen LogP contribution in [0.15, 0.2) is 41.4 Å². The van der Waals surface area contributed by atoms with E-state index < -0.39 is 6.10 Å². The van der Waals surface area contributed by atoms with E-state index in [-0.39, 0.29) is 0 Å². The Bertz CT molecular complexity index is 514. The third-order valence-electron chi connectivity index (χ3n) is 2.63. The van der Waals surface area contributed by atoms with Crippen LogP contribution in [-0.2, 0) is 5.75 Å². The van der Waals surface area contributed by atoms with E-state index in [2.05, 4.69) is 22.1 Å². The smallest absolute Gasteiger partial charge is 0.138 e. The highest BCUT2D eigenvalue weighted by molar-refractivity contribution is 7.98. The van der Waals surface area contributed by atoms with E-state index in [4.69, 9.17) is 0 Å². The Hall–Kier alpha value is -1.39. The third kappa shape index (κ3) is 3.31. The van der Waals surface area contributed by atoms with Gasteiger partial charge in [0.15, 0.2) is 0 Å². The van der Waals surface area contributed by atoms with Crippen molar-refractivity contribution in [1.82, 2.24) is 9.97 Å². The lowest BCUT2D eigenvalue weighted by molar-refractivity contribution is 0.197. The van der Waals surface area contributed by atoms with Gasteiger partial charge in [-0.05, 0) is 26.0 Å². The first kappa shape index (κ1) is 13.1. The standard InChI is InChI=1S/C14H16N2OS/c1-10-13(11(2)17)8-15-14(16-10)9-18-12-6-4-3-5-7-12/h3-8,11,17H,9H2,1-2H3. The molecule has 2 rings (SSSR count). The molecule has 0 spiro atoms. The number of benzene rings is 1. The molecule has 0 saturated carbocycles. The zero-order chi connectivity index (χ0) is 13.0. The molecule has 18 heavy (non-hydrogen) atoms. The largest absolute Gasteiger partial charge is 0.389 e. The third-order valence-corrected chi connectivity index (χ3v) is 3.64. The van der Waals surface area contributed by atoms with E-state index in [1.807, 2.05) is 25.1 Å².